The third kappa shape index (κ3) is 3.91. The highest BCUT2D eigenvalue weighted by atomic mass is 16.5. The van der Waals surface area contributed by atoms with E-state index in [1.165, 1.54) is 5.06 Å². The smallest absolute Gasteiger partial charge is 0.0887 e. The Hall–Kier alpha value is -1.68. The molecule has 0 aliphatic rings. The number of aryl methyl sites for hydroxylation is 1. The van der Waals surface area contributed by atoms with Crippen LogP contribution < -0.4 is 0 Å². The fraction of sp³-hybridized carbons (Fsp3) is 0.333. The van der Waals surface area contributed by atoms with Gasteiger partial charge in [0.15, 0.2) is 0 Å². The zero-order valence-corrected chi connectivity index (χ0v) is 12.8. The van der Waals surface area contributed by atoms with Crippen molar-refractivity contribution >= 4 is 0 Å². The second-order valence-electron chi connectivity index (χ2n) is 6.00. The molecule has 1 atom stereocenters. The normalized spacial score (nSPS) is 13.4. The molecule has 112 valence electrons. The maximum absolute atomic E-state index is 10.5. The summed E-state index contributed by atoms with van der Waals surface area (Å²) in [6.45, 7) is 5.80. The lowest BCUT2D eigenvalue weighted by Crippen LogP contribution is -2.40. The molecule has 0 saturated heterocycles. The van der Waals surface area contributed by atoms with Gasteiger partial charge < -0.3 is 10.3 Å². The van der Waals surface area contributed by atoms with Crippen molar-refractivity contribution in [1.82, 2.24) is 5.06 Å². The van der Waals surface area contributed by atoms with Gasteiger partial charge in [-0.1, -0.05) is 54.6 Å². The van der Waals surface area contributed by atoms with Gasteiger partial charge in [0.05, 0.1) is 11.6 Å². The Labute approximate surface area is 126 Å². The molecule has 3 nitrogen and oxygen atoms in total. The molecule has 0 amide bonds. The van der Waals surface area contributed by atoms with Crippen LogP contribution in [-0.4, -0.2) is 21.0 Å². The van der Waals surface area contributed by atoms with Crippen LogP contribution in [0.3, 0.4) is 0 Å². The van der Waals surface area contributed by atoms with Gasteiger partial charge in [0.1, 0.15) is 0 Å². The summed E-state index contributed by atoms with van der Waals surface area (Å²) in [5.74, 6) is 0. The largest absolute Gasteiger partial charge is 0.388 e. The van der Waals surface area contributed by atoms with Gasteiger partial charge in [0, 0.05) is 6.54 Å². The van der Waals surface area contributed by atoms with E-state index in [1.807, 2.05) is 61.5 Å². The van der Waals surface area contributed by atoms with E-state index < -0.39 is 11.6 Å². The first-order chi connectivity index (χ1) is 9.89. The van der Waals surface area contributed by atoms with E-state index in [9.17, 15) is 10.3 Å². The first-order valence-corrected chi connectivity index (χ1v) is 7.17. The van der Waals surface area contributed by atoms with Crippen LogP contribution in [-0.2, 0) is 6.54 Å². The van der Waals surface area contributed by atoms with Crippen LogP contribution >= 0.6 is 0 Å². The van der Waals surface area contributed by atoms with Gasteiger partial charge in [0.25, 0.3) is 0 Å². The summed E-state index contributed by atoms with van der Waals surface area (Å²) in [5.41, 5.74) is 1.93. The standard InChI is InChI=1S/C18H23NO2/c1-14-9-7-8-12-16(14)17(18(2,3)20)19(21)13-15-10-5-4-6-11-15/h4-12,17,20-21H,13H2,1-3H3. The number of nitrogens with zero attached hydrogens (tertiary/aromatic N) is 1. The molecule has 0 aromatic heterocycles. The number of rotatable bonds is 5. The molecule has 0 saturated carbocycles. The highest BCUT2D eigenvalue weighted by Crippen LogP contribution is 2.33. The van der Waals surface area contributed by atoms with Gasteiger partial charge >= 0.3 is 0 Å². The lowest BCUT2D eigenvalue weighted by Gasteiger charge is -2.36. The fourth-order valence-electron chi connectivity index (χ4n) is 2.66. The number of aliphatic hydroxyl groups is 1. The van der Waals surface area contributed by atoms with Crippen LogP contribution in [0.5, 0.6) is 0 Å². The average Bonchev–Trinajstić information content (AvgIpc) is 2.41. The molecule has 0 heterocycles. The van der Waals surface area contributed by atoms with Gasteiger partial charge in [0.2, 0.25) is 0 Å². The third-order valence-corrected chi connectivity index (χ3v) is 3.64. The van der Waals surface area contributed by atoms with E-state index >= 15 is 0 Å². The Bertz CT molecular complexity index is 575. The van der Waals surface area contributed by atoms with Crippen molar-refractivity contribution in [2.75, 3.05) is 0 Å². The summed E-state index contributed by atoms with van der Waals surface area (Å²) in [6.07, 6.45) is 0. The quantitative estimate of drug-likeness (QED) is 0.823. The second kappa shape index (κ2) is 6.39. The second-order valence-corrected chi connectivity index (χ2v) is 6.00. The van der Waals surface area contributed by atoms with Crippen molar-refractivity contribution in [3.05, 3.63) is 71.3 Å². The number of hydroxylamine groups is 2. The Morgan fingerprint density at radius 1 is 1.00 bits per heavy atom. The molecule has 2 N–H and O–H groups in total. The van der Waals surface area contributed by atoms with Crippen molar-refractivity contribution < 1.29 is 10.3 Å². The van der Waals surface area contributed by atoms with Crippen LogP contribution in [0, 0.1) is 6.92 Å². The molecule has 2 aromatic rings. The van der Waals surface area contributed by atoms with Crippen LogP contribution in [0.15, 0.2) is 54.6 Å². The summed E-state index contributed by atoms with van der Waals surface area (Å²) in [7, 11) is 0. The average molecular weight is 285 g/mol. The lowest BCUT2D eigenvalue weighted by molar-refractivity contribution is -0.186. The Balaban J connectivity index is 2.31. The highest BCUT2D eigenvalue weighted by Gasteiger charge is 2.34. The molecule has 0 fully saturated rings. The molecule has 1 unspecified atom stereocenters. The molecule has 0 aliphatic carbocycles. The van der Waals surface area contributed by atoms with Crippen LogP contribution in [0.1, 0.15) is 36.6 Å². The van der Waals surface area contributed by atoms with Crippen LogP contribution in [0.4, 0.5) is 0 Å². The maximum Gasteiger partial charge on any atom is 0.0887 e. The summed E-state index contributed by atoms with van der Waals surface area (Å²) in [5, 5.41) is 22.3. The fourth-order valence-corrected chi connectivity index (χ4v) is 2.66. The number of hydrogen-bond acceptors (Lipinski definition) is 3. The predicted molar refractivity (Wildman–Crippen MR) is 84.0 cm³/mol. The molecule has 0 radical (unpaired) electrons. The van der Waals surface area contributed by atoms with E-state index in [2.05, 4.69) is 0 Å². The molecule has 21 heavy (non-hydrogen) atoms. The SMILES string of the molecule is Cc1ccccc1C(N(O)Cc1ccccc1)C(C)(C)O. The van der Waals surface area contributed by atoms with Gasteiger partial charge in [-0.3, -0.25) is 0 Å². The monoisotopic (exact) mass is 285 g/mol. The van der Waals surface area contributed by atoms with Crippen molar-refractivity contribution in [1.29, 1.82) is 0 Å². The predicted octanol–water partition coefficient (Wildman–Crippen LogP) is 3.70. The van der Waals surface area contributed by atoms with Crippen LogP contribution in [0.2, 0.25) is 0 Å². The topological polar surface area (TPSA) is 43.7 Å². The van der Waals surface area contributed by atoms with Crippen molar-refractivity contribution in [3.8, 4) is 0 Å². The highest BCUT2D eigenvalue weighted by molar-refractivity contribution is 5.30. The van der Waals surface area contributed by atoms with E-state index in [0.717, 1.165) is 16.7 Å². The summed E-state index contributed by atoms with van der Waals surface area (Å²) < 4.78 is 0. The summed E-state index contributed by atoms with van der Waals surface area (Å²) in [4.78, 5) is 0. The molecule has 0 aliphatic heterocycles. The Kier molecular flexibility index (Phi) is 4.78. The van der Waals surface area contributed by atoms with Gasteiger partial charge in [-0.05, 0) is 37.5 Å². The minimum Gasteiger partial charge on any atom is -0.388 e. The van der Waals surface area contributed by atoms with E-state index in [-0.39, 0.29) is 0 Å². The molecule has 0 spiro atoms. The van der Waals surface area contributed by atoms with Gasteiger partial charge in [-0.25, -0.2) is 0 Å². The molecule has 0 bridgehead atoms. The third-order valence-electron chi connectivity index (χ3n) is 3.64. The van der Waals surface area contributed by atoms with Crippen molar-refractivity contribution in [2.24, 2.45) is 0 Å². The first-order valence-electron chi connectivity index (χ1n) is 7.17. The van der Waals surface area contributed by atoms with E-state index in [1.54, 1.807) is 13.8 Å². The minimum atomic E-state index is -1.06. The lowest BCUT2D eigenvalue weighted by atomic mass is 9.88. The summed E-state index contributed by atoms with van der Waals surface area (Å²) >= 11 is 0. The van der Waals surface area contributed by atoms with Crippen LogP contribution in [0.25, 0.3) is 0 Å². The Morgan fingerprint density at radius 3 is 2.14 bits per heavy atom. The zero-order chi connectivity index (χ0) is 15.5. The Morgan fingerprint density at radius 2 is 1.57 bits per heavy atom. The molecule has 2 rings (SSSR count). The van der Waals surface area contributed by atoms with E-state index in [4.69, 9.17) is 0 Å². The van der Waals surface area contributed by atoms with Crippen molar-refractivity contribution in [3.63, 3.8) is 0 Å². The minimum absolute atomic E-state index is 0.365. The molecular formula is C18H23NO2. The maximum atomic E-state index is 10.5. The molecule has 3 heteroatoms. The zero-order valence-electron chi connectivity index (χ0n) is 12.8. The number of hydrogen-bond donors (Lipinski definition) is 2. The van der Waals surface area contributed by atoms with E-state index in [0.29, 0.717) is 6.54 Å². The molecular weight excluding hydrogens is 262 g/mol. The van der Waals surface area contributed by atoms with Crippen molar-refractivity contribution in [2.45, 2.75) is 39.0 Å². The van der Waals surface area contributed by atoms with Gasteiger partial charge in [-0.2, -0.15) is 5.06 Å². The van der Waals surface area contributed by atoms with Gasteiger partial charge in [-0.15, -0.1) is 0 Å². The summed E-state index contributed by atoms with van der Waals surface area (Å²) in [6, 6.07) is 17.1. The molecule has 2 aromatic carbocycles. The first kappa shape index (κ1) is 15.7. The number of benzene rings is 2.